The highest BCUT2D eigenvalue weighted by Gasteiger charge is 2.23. The summed E-state index contributed by atoms with van der Waals surface area (Å²) in [5.41, 5.74) is 0. The third-order valence-corrected chi connectivity index (χ3v) is 3.90. The molecular weight excluding hydrogens is 348 g/mol. The second-order valence-corrected chi connectivity index (χ2v) is 9.55. The van der Waals surface area contributed by atoms with Crippen LogP contribution in [0.25, 0.3) is 0 Å². The summed E-state index contributed by atoms with van der Waals surface area (Å²) in [5, 5.41) is 0. The van der Waals surface area contributed by atoms with Crippen molar-refractivity contribution in [1.82, 2.24) is 0 Å². The number of allylic oxidation sites excluding steroid dienone is 6. The lowest BCUT2D eigenvalue weighted by atomic mass is 10.1. The zero-order valence-electron chi connectivity index (χ0n) is 20.5. The third kappa shape index (κ3) is 11.5. The lowest BCUT2D eigenvalue weighted by Crippen LogP contribution is -2.25. The SMILES string of the molecule is CC(C)/C=C(\OC(O/C(=C\C(C)C)C(C)C)O/C(=C\C(C)C)C(C)C)C(C)C. The maximum Gasteiger partial charge on any atom is 0.405 e. The monoisotopic (exact) mass is 394 g/mol. The molecule has 0 radical (unpaired) electrons. The molecule has 0 unspecified atom stereocenters. The summed E-state index contributed by atoms with van der Waals surface area (Å²) in [4.78, 5) is 0. The predicted molar refractivity (Wildman–Crippen MR) is 120 cm³/mol. The van der Waals surface area contributed by atoms with Gasteiger partial charge in [-0.15, -0.1) is 0 Å². The molecule has 3 heteroatoms. The lowest BCUT2D eigenvalue weighted by Gasteiger charge is -2.28. The van der Waals surface area contributed by atoms with Gasteiger partial charge in [0.15, 0.2) is 0 Å². The Hall–Kier alpha value is -1.38. The molecule has 0 heterocycles. The molecule has 0 spiro atoms. The standard InChI is InChI=1S/C25H46O3/c1-16(2)13-22(19(7)8)26-25(27-23(20(9)10)14-17(3)4)28-24(21(11)12)15-18(5)6/h13-21,25H,1-12H3/b22-13-,23-14-,24-15-. The molecular formula is C25H46O3. The Morgan fingerprint density at radius 2 is 0.643 bits per heavy atom. The van der Waals surface area contributed by atoms with E-state index in [1.807, 2.05) is 0 Å². The molecule has 0 aliphatic heterocycles. The lowest BCUT2D eigenvalue weighted by molar-refractivity contribution is -0.245. The van der Waals surface area contributed by atoms with E-state index in [1.165, 1.54) is 0 Å². The van der Waals surface area contributed by atoms with Gasteiger partial charge in [0.1, 0.15) is 17.3 Å². The zero-order chi connectivity index (χ0) is 22.0. The molecule has 28 heavy (non-hydrogen) atoms. The maximum atomic E-state index is 6.28. The van der Waals surface area contributed by atoms with Crippen LogP contribution in [0, 0.1) is 35.5 Å². The molecule has 0 atom stereocenters. The summed E-state index contributed by atoms with van der Waals surface area (Å²) < 4.78 is 18.8. The van der Waals surface area contributed by atoms with Gasteiger partial charge in [-0.3, -0.25) is 0 Å². The summed E-state index contributed by atoms with van der Waals surface area (Å²) in [6.07, 6.45) is 6.44. The van der Waals surface area contributed by atoms with Crippen molar-refractivity contribution in [2.24, 2.45) is 35.5 Å². The van der Waals surface area contributed by atoms with E-state index in [0.29, 0.717) is 17.8 Å². The van der Waals surface area contributed by atoms with Crippen LogP contribution in [0.3, 0.4) is 0 Å². The van der Waals surface area contributed by atoms with Crippen molar-refractivity contribution in [3.8, 4) is 0 Å². The van der Waals surface area contributed by atoms with Crippen LogP contribution in [0.2, 0.25) is 0 Å². The first-order valence-electron chi connectivity index (χ1n) is 11.0. The summed E-state index contributed by atoms with van der Waals surface area (Å²) in [7, 11) is 0. The van der Waals surface area contributed by atoms with E-state index in [1.54, 1.807) is 0 Å². The molecule has 0 N–H and O–H groups in total. The van der Waals surface area contributed by atoms with Crippen LogP contribution in [-0.4, -0.2) is 6.48 Å². The Kier molecular flexibility index (Phi) is 12.3. The van der Waals surface area contributed by atoms with E-state index >= 15 is 0 Å². The summed E-state index contributed by atoms with van der Waals surface area (Å²) in [6.45, 7) is 24.9. The van der Waals surface area contributed by atoms with Crippen molar-refractivity contribution in [1.29, 1.82) is 0 Å². The maximum absolute atomic E-state index is 6.28. The number of rotatable bonds is 12. The van der Waals surface area contributed by atoms with Crippen molar-refractivity contribution < 1.29 is 14.2 Å². The molecule has 0 fully saturated rings. The van der Waals surface area contributed by atoms with E-state index < -0.39 is 6.48 Å². The predicted octanol–water partition coefficient (Wildman–Crippen LogP) is 7.91. The van der Waals surface area contributed by atoms with Crippen molar-refractivity contribution >= 4 is 0 Å². The average molecular weight is 395 g/mol. The van der Waals surface area contributed by atoms with Crippen molar-refractivity contribution in [3.05, 3.63) is 35.5 Å². The first kappa shape index (κ1) is 26.6. The average Bonchev–Trinajstić information content (AvgIpc) is 2.50. The molecule has 0 aromatic carbocycles. The van der Waals surface area contributed by atoms with Crippen molar-refractivity contribution in [2.45, 2.75) is 89.6 Å². The topological polar surface area (TPSA) is 27.7 Å². The largest absolute Gasteiger partial charge is 0.427 e. The molecule has 0 rings (SSSR count). The van der Waals surface area contributed by atoms with Crippen molar-refractivity contribution in [3.63, 3.8) is 0 Å². The Balaban J connectivity index is 5.87. The van der Waals surface area contributed by atoms with Crippen LogP contribution < -0.4 is 0 Å². The fourth-order valence-corrected chi connectivity index (χ4v) is 2.49. The number of hydrogen-bond acceptors (Lipinski definition) is 3. The van der Waals surface area contributed by atoms with E-state index in [4.69, 9.17) is 14.2 Å². The minimum atomic E-state index is -0.799. The molecule has 0 saturated heterocycles. The number of ether oxygens (including phenoxy) is 3. The van der Waals surface area contributed by atoms with Gasteiger partial charge < -0.3 is 14.2 Å². The molecule has 0 aliphatic carbocycles. The highest BCUT2D eigenvalue weighted by Crippen LogP contribution is 2.26. The second kappa shape index (κ2) is 13.0. The minimum absolute atomic E-state index is 0.255. The van der Waals surface area contributed by atoms with Gasteiger partial charge in [-0.2, -0.15) is 0 Å². The Morgan fingerprint density at radius 3 is 0.786 bits per heavy atom. The van der Waals surface area contributed by atoms with E-state index in [2.05, 4.69) is 101 Å². The summed E-state index contributed by atoms with van der Waals surface area (Å²) >= 11 is 0. The van der Waals surface area contributed by atoms with Crippen LogP contribution in [-0.2, 0) is 14.2 Å². The Labute approximate surface area is 175 Å². The quantitative estimate of drug-likeness (QED) is 0.248. The molecule has 0 saturated carbocycles. The smallest absolute Gasteiger partial charge is 0.405 e. The van der Waals surface area contributed by atoms with Crippen LogP contribution in [0.5, 0.6) is 0 Å². The fraction of sp³-hybridized carbons (Fsp3) is 0.760. The van der Waals surface area contributed by atoms with Crippen molar-refractivity contribution in [2.75, 3.05) is 0 Å². The first-order valence-corrected chi connectivity index (χ1v) is 11.0. The van der Waals surface area contributed by atoms with Crippen LogP contribution in [0.1, 0.15) is 83.1 Å². The molecule has 0 aromatic heterocycles. The molecule has 3 nitrogen and oxygen atoms in total. The van der Waals surface area contributed by atoms with Crippen LogP contribution >= 0.6 is 0 Å². The highest BCUT2D eigenvalue weighted by atomic mass is 16.8. The van der Waals surface area contributed by atoms with E-state index in [9.17, 15) is 0 Å². The number of hydrogen-bond donors (Lipinski definition) is 0. The zero-order valence-corrected chi connectivity index (χ0v) is 20.5. The third-order valence-electron chi connectivity index (χ3n) is 3.90. The molecule has 0 amide bonds. The van der Waals surface area contributed by atoms with Gasteiger partial charge in [-0.25, -0.2) is 0 Å². The van der Waals surface area contributed by atoms with Gasteiger partial charge in [0.2, 0.25) is 0 Å². The van der Waals surface area contributed by atoms with Gasteiger partial charge >= 0.3 is 6.48 Å². The summed E-state index contributed by atoms with van der Waals surface area (Å²) in [6, 6.07) is 0. The normalized spacial score (nSPS) is 14.5. The van der Waals surface area contributed by atoms with Gasteiger partial charge in [0.25, 0.3) is 0 Å². The minimum Gasteiger partial charge on any atom is -0.427 e. The summed E-state index contributed by atoms with van der Waals surface area (Å²) in [5.74, 6) is 4.65. The molecule has 0 aromatic rings. The second-order valence-electron chi connectivity index (χ2n) is 9.55. The fourth-order valence-electron chi connectivity index (χ4n) is 2.49. The molecule has 0 aliphatic rings. The Morgan fingerprint density at radius 1 is 0.429 bits per heavy atom. The van der Waals surface area contributed by atoms with Crippen LogP contribution in [0.15, 0.2) is 35.5 Å². The highest BCUT2D eigenvalue weighted by molar-refractivity contribution is 5.02. The van der Waals surface area contributed by atoms with E-state index in [-0.39, 0.29) is 17.8 Å². The van der Waals surface area contributed by atoms with Crippen LogP contribution in [0.4, 0.5) is 0 Å². The first-order chi connectivity index (χ1) is 12.8. The van der Waals surface area contributed by atoms with Gasteiger partial charge in [0.05, 0.1) is 0 Å². The molecule has 0 bridgehead atoms. The van der Waals surface area contributed by atoms with Gasteiger partial charge in [-0.05, 0) is 36.0 Å². The van der Waals surface area contributed by atoms with Gasteiger partial charge in [0, 0.05) is 17.8 Å². The molecule has 164 valence electrons. The van der Waals surface area contributed by atoms with E-state index in [0.717, 1.165) is 17.3 Å². The Bertz CT molecular complexity index is 444. The van der Waals surface area contributed by atoms with Gasteiger partial charge in [-0.1, -0.05) is 83.1 Å².